The van der Waals surface area contributed by atoms with Crippen molar-refractivity contribution in [1.29, 1.82) is 0 Å². The smallest absolute Gasteiger partial charge is 0.248 e. The first-order valence-corrected chi connectivity index (χ1v) is 19.4. The second-order valence-electron chi connectivity index (χ2n) is 12.4. The van der Waals surface area contributed by atoms with Crippen LogP contribution in [0.1, 0.15) is 142 Å². The lowest BCUT2D eigenvalue weighted by Crippen LogP contribution is -2.07. The van der Waals surface area contributed by atoms with Gasteiger partial charge in [-0.05, 0) is 49.1 Å². The summed E-state index contributed by atoms with van der Waals surface area (Å²) in [6.45, 7) is 8.66. The van der Waals surface area contributed by atoms with Crippen LogP contribution in [0.5, 0.6) is 17.2 Å². The molecular formula is C39H59BrN2O4. The summed E-state index contributed by atoms with van der Waals surface area (Å²) >= 11 is 3.51. The fourth-order valence-electron chi connectivity index (χ4n) is 5.44. The van der Waals surface area contributed by atoms with Gasteiger partial charge >= 0.3 is 0 Å². The Kier molecular flexibility index (Phi) is 19.6. The van der Waals surface area contributed by atoms with E-state index in [1.807, 2.05) is 24.3 Å². The summed E-state index contributed by atoms with van der Waals surface area (Å²) in [4.78, 5) is 0. The van der Waals surface area contributed by atoms with E-state index in [9.17, 15) is 0 Å². The highest BCUT2D eigenvalue weighted by Crippen LogP contribution is 2.42. The van der Waals surface area contributed by atoms with Crippen LogP contribution in [0.15, 0.2) is 40.8 Å². The van der Waals surface area contributed by atoms with Crippen LogP contribution in [0, 0.1) is 0 Å². The molecule has 0 aliphatic heterocycles. The predicted molar refractivity (Wildman–Crippen MR) is 194 cm³/mol. The Morgan fingerprint density at radius 1 is 0.522 bits per heavy atom. The van der Waals surface area contributed by atoms with Gasteiger partial charge in [-0.1, -0.05) is 145 Å². The minimum absolute atomic E-state index is 0.441. The standard InChI is InChI=1S/C39H59BrN2O4/c1-4-7-10-13-16-19-26-43-35-29-34(39-42-41-38(46-39)33-24-22-32(31-40)23-25-33)30-36(44-27-20-17-14-11-8-5-2)37(35)45-28-21-18-15-12-9-6-3/h22-25,29-30H,4-21,26-28,31H2,1-3H3. The van der Waals surface area contributed by atoms with E-state index in [4.69, 9.17) is 18.6 Å². The van der Waals surface area contributed by atoms with Gasteiger partial charge in [0.05, 0.1) is 19.8 Å². The molecule has 256 valence electrons. The van der Waals surface area contributed by atoms with Crippen molar-refractivity contribution in [2.24, 2.45) is 0 Å². The second kappa shape index (κ2) is 23.7. The average Bonchev–Trinajstić information content (AvgIpc) is 3.58. The molecule has 0 aliphatic rings. The minimum Gasteiger partial charge on any atom is -0.490 e. The quantitative estimate of drug-likeness (QED) is 0.0583. The topological polar surface area (TPSA) is 66.6 Å². The maximum Gasteiger partial charge on any atom is 0.248 e. The van der Waals surface area contributed by atoms with E-state index >= 15 is 0 Å². The van der Waals surface area contributed by atoms with E-state index in [0.29, 0.717) is 48.9 Å². The molecule has 0 unspecified atom stereocenters. The maximum atomic E-state index is 6.46. The highest BCUT2D eigenvalue weighted by Gasteiger charge is 2.20. The van der Waals surface area contributed by atoms with Crippen LogP contribution in [0.3, 0.4) is 0 Å². The van der Waals surface area contributed by atoms with Crippen LogP contribution >= 0.6 is 15.9 Å². The number of nitrogens with zero attached hydrogens (tertiary/aromatic N) is 2. The summed E-state index contributed by atoms with van der Waals surface area (Å²) in [7, 11) is 0. The fraction of sp³-hybridized carbons (Fsp3) is 0.641. The number of ether oxygens (including phenoxy) is 3. The molecule has 2 aromatic carbocycles. The van der Waals surface area contributed by atoms with E-state index in [1.165, 1.54) is 89.0 Å². The van der Waals surface area contributed by atoms with E-state index in [2.05, 4.69) is 59.0 Å². The molecule has 0 N–H and O–H groups in total. The number of hydrogen-bond acceptors (Lipinski definition) is 6. The third-order valence-electron chi connectivity index (χ3n) is 8.30. The summed E-state index contributed by atoms with van der Waals surface area (Å²) in [6.07, 6.45) is 21.8. The number of aromatic nitrogens is 2. The van der Waals surface area contributed by atoms with Crippen LogP contribution in [0.2, 0.25) is 0 Å². The van der Waals surface area contributed by atoms with Crippen molar-refractivity contribution in [1.82, 2.24) is 10.2 Å². The first kappa shape index (κ1) is 37.9. The van der Waals surface area contributed by atoms with Crippen LogP contribution in [0.4, 0.5) is 0 Å². The number of rotatable bonds is 27. The lowest BCUT2D eigenvalue weighted by atomic mass is 10.1. The predicted octanol–water partition coefficient (Wildman–Crippen LogP) is 12.5. The van der Waals surface area contributed by atoms with Gasteiger partial charge in [-0.15, -0.1) is 10.2 Å². The number of benzene rings is 2. The minimum atomic E-state index is 0.441. The van der Waals surface area contributed by atoms with Gasteiger partial charge in [-0.25, -0.2) is 0 Å². The van der Waals surface area contributed by atoms with Gasteiger partial charge in [0.1, 0.15) is 0 Å². The van der Waals surface area contributed by atoms with Crippen LogP contribution < -0.4 is 14.2 Å². The Hall–Kier alpha value is -2.54. The Balaban J connectivity index is 1.81. The molecular weight excluding hydrogens is 640 g/mol. The largest absolute Gasteiger partial charge is 0.490 e. The monoisotopic (exact) mass is 698 g/mol. The molecule has 0 bridgehead atoms. The lowest BCUT2D eigenvalue weighted by molar-refractivity contribution is 0.234. The third kappa shape index (κ3) is 14.1. The zero-order chi connectivity index (χ0) is 32.7. The summed E-state index contributed by atoms with van der Waals surface area (Å²) in [5.74, 6) is 3.01. The fourth-order valence-corrected chi connectivity index (χ4v) is 5.81. The summed E-state index contributed by atoms with van der Waals surface area (Å²) in [6, 6.07) is 12.1. The van der Waals surface area contributed by atoms with Gasteiger partial charge in [0.15, 0.2) is 11.5 Å². The molecule has 3 rings (SSSR count). The second-order valence-corrected chi connectivity index (χ2v) is 13.0. The SMILES string of the molecule is CCCCCCCCOc1cc(-c2nnc(-c3ccc(CBr)cc3)o2)cc(OCCCCCCCC)c1OCCCCCCCC. The zero-order valence-corrected chi connectivity index (χ0v) is 30.5. The summed E-state index contributed by atoms with van der Waals surface area (Å²) in [5.41, 5.74) is 2.86. The average molecular weight is 700 g/mol. The van der Waals surface area contributed by atoms with Crippen molar-refractivity contribution in [3.8, 4) is 40.2 Å². The first-order valence-electron chi connectivity index (χ1n) is 18.3. The molecule has 0 saturated carbocycles. The van der Waals surface area contributed by atoms with Crippen molar-refractivity contribution in [3.63, 3.8) is 0 Å². The molecule has 3 aromatic rings. The summed E-state index contributed by atoms with van der Waals surface area (Å²) in [5, 5.41) is 9.60. The van der Waals surface area contributed by atoms with Gasteiger partial charge in [-0.2, -0.15) is 0 Å². The number of hydrogen-bond donors (Lipinski definition) is 0. The van der Waals surface area contributed by atoms with Crippen LogP contribution in [0.25, 0.3) is 22.9 Å². The highest BCUT2D eigenvalue weighted by atomic mass is 79.9. The zero-order valence-electron chi connectivity index (χ0n) is 28.9. The molecule has 46 heavy (non-hydrogen) atoms. The molecule has 0 amide bonds. The Morgan fingerprint density at radius 3 is 1.39 bits per heavy atom. The Morgan fingerprint density at radius 2 is 0.935 bits per heavy atom. The van der Waals surface area contributed by atoms with Crippen molar-refractivity contribution < 1.29 is 18.6 Å². The van der Waals surface area contributed by atoms with Crippen molar-refractivity contribution in [2.75, 3.05) is 19.8 Å². The Bertz CT molecular complexity index is 1160. The normalized spacial score (nSPS) is 11.2. The molecule has 1 heterocycles. The molecule has 6 nitrogen and oxygen atoms in total. The van der Waals surface area contributed by atoms with Crippen LogP contribution in [-0.4, -0.2) is 30.0 Å². The van der Waals surface area contributed by atoms with Gasteiger partial charge in [-0.3, -0.25) is 0 Å². The number of unbranched alkanes of at least 4 members (excludes halogenated alkanes) is 15. The molecule has 0 aliphatic carbocycles. The third-order valence-corrected chi connectivity index (χ3v) is 8.95. The molecule has 7 heteroatoms. The maximum absolute atomic E-state index is 6.46. The van der Waals surface area contributed by atoms with E-state index in [1.54, 1.807) is 0 Å². The molecule has 0 radical (unpaired) electrons. The van der Waals surface area contributed by atoms with Gasteiger partial charge in [0, 0.05) is 16.5 Å². The van der Waals surface area contributed by atoms with Gasteiger partial charge in [0.2, 0.25) is 17.5 Å². The number of halogens is 1. The van der Waals surface area contributed by atoms with Gasteiger partial charge in [0.25, 0.3) is 0 Å². The Labute approximate surface area is 287 Å². The van der Waals surface area contributed by atoms with Crippen molar-refractivity contribution in [2.45, 2.75) is 142 Å². The molecule has 1 aromatic heterocycles. The molecule has 0 spiro atoms. The van der Waals surface area contributed by atoms with E-state index in [-0.39, 0.29) is 0 Å². The molecule has 0 atom stereocenters. The van der Waals surface area contributed by atoms with Gasteiger partial charge < -0.3 is 18.6 Å². The summed E-state index contributed by atoms with van der Waals surface area (Å²) < 4.78 is 25.6. The van der Waals surface area contributed by atoms with E-state index < -0.39 is 0 Å². The van der Waals surface area contributed by atoms with Crippen molar-refractivity contribution in [3.05, 3.63) is 42.0 Å². The highest BCUT2D eigenvalue weighted by molar-refractivity contribution is 9.08. The first-order chi connectivity index (χ1) is 22.7. The van der Waals surface area contributed by atoms with Crippen molar-refractivity contribution >= 4 is 15.9 Å². The lowest BCUT2D eigenvalue weighted by Gasteiger charge is -2.18. The number of alkyl halides is 1. The molecule has 0 fully saturated rings. The van der Waals surface area contributed by atoms with E-state index in [0.717, 1.165) is 48.6 Å². The molecule has 0 saturated heterocycles. The van der Waals surface area contributed by atoms with Crippen LogP contribution in [-0.2, 0) is 5.33 Å².